The molecule has 0 bridgehead atoms. The standard InChI is InChI=1S/C9H12ClNS/c10-8-2-1-7(3-8)4-9-5-11-6-12-9/h5-8H,1-4H2. The molecule has 0 N–H and O–H groups in total. The second-order valence-corrected chi connectivity index (χ2v) is 5.04. The van der Waals surface area contributed by atoms with Gasteiger partial charge in [0.15, 0.2) is 0 Å². The highest BCUT2D eigenvalue weighted by atomic mass is 35.5. The lowest BCUT2D eigenvalue weighted by Crippen LogP contribution is -1.98. The van der Waals surface area contributed by atoms with Crippen molar-refractivity contribution < 1.29 is 0 Å². The summed E-state index contributed by atoms with van der Waals surface area (Å²) in [5.74, 6) is 0.813. The van der Waals surface area contributed by atoms with Crippen molar-refractivity contribution in [3.05, 3.63) is 16.6 Å². The molecule has 2 atom stereocenters. The van der Waals surface area contributed by atoms with Crippen molar-refractivity contribution >= 4 is 22.9 Å². The Hall–Kier alpha value is -0.0800. The quantitative estimate of drug-likeness (QED) is 0.671. The van der Waals surface area contributed by atoms with E-state index in [0.717, 1.165) is 5.92 Å². The first-order chi connectivity index (χ1) is 5.84. The number of hydrogen-bond donors (Lipinski definition) is 0. The van der Waals surface area contributed by atoms with E-state index in [2.05, 4.69) is 4.98 Å². The normalized spacial score (nSPS) is 29.4. The van der Waals surface area contributed by atoms with Crippen molar-refractivity contribution in [3.63, 3.8) is 0 Å². The van der Waals surface area contributed by atoms with Gasteiger partial charge in [-0.15, -0.1) is 22.9 Å². The Labute approximate surface area is 81.8 Å². The van der Waals surface area contributed by atoms with Crippen LogP contribution >= 0.6 is 22.9 Å². The Kier molecular flexibility index (Phi) is 2.66. The molecule has 66 valence electrons. The van der Waals surface area contributed by atoms with Gasteiger partial charge in [-0.1, -0.05) is 0 Å². The van der Waals surface area contributed by atoms with E-state index in [1.165, 1.54) is 30.6 Å². The van der Waals surface area contributed by atoms with E-state index in [1.807, 2.05) is 11.7 Å². The predicted molar refractivity (Wildman–Crippen MR) is 52.8 cm³/mol. The summed E-state index contributed by atoms with van der Waals surface area (Å²) in [6.07, 6.45) is 6.86. The molecule has 0 saturated heterocycles. The molecule has 1 aromatic heterocycles. The molecule has 0 aromatic carbocycles. The van der Waals surface area contributed by atoms with Gasteiger partial charge >= 0.3 is 0 Å². The predicted octanol–water partition coefficient (Wildman–Crippen LogP) is 3.09. The Morgan fingerprint density at radius 3 is 3.08 bits per heavy atom. The number of halogens is 1. The van der Waals surface area contributed by atoms with Crippen LogP contribution in [0.15, 0.2) is 11.7 Å². The van der Waals surface area contributed by atoms with E-state index in [1.54, 1.807) is 11.3 Å². The maximum atomic E-state index is 6.03. The summed E-state index contributed by atoms with van der Waals surface area (Å²) in [6, 6.07) is 0. The fourth-order valence-electron chi connectivity index (χ4n) is 1.83. The molecular weight excluding hydrogens is 190 g/mol. The monoisotopic (exact) mass is 201 g/mol. The van der Waals surface area contributed by atoms with Gasteiger partial charge in [0.1, 0.15) is 0 Å². The third-order valence-electron chi connectivity index (χ3n) is 2.45. The molecule has 1 nitrogen and oxygen atoms in total. The average molecular weight is 202 g/mol. The molecular formula is C9H12ClNS. The summed E-state index contributed by atoms with van der Waals surface area (Å²) in [7, 11) is 0. The molecule has 2 unspecified atom stereocenters. The molecule has 1 saturated carbocycles. The van der Waals surface area contributed by atoms with Crippen LogP contribution in [0.25, 0.3) is 0 Å². The van der Waals surface area contributed by atoms with Crippen LogP contribution in [0.5, 0.6) is 0 Å². The number of thiazole rings is 1. The molecule has 3 heteroatoms. The first-order valence-corrected chi connectivity index (χ1v) is 5.67. The molecule has 12 heavy (non-hydrogen) atoms. The van der Waals surface area contributed by atoms with Gasteiger partial charge in [-0.25, -0.2) is 0 Å². The molecule has 0 aliphatic heterocycles. The summed E-state index contributed by atoms with van der Waals surface area (Å²) < 4.78 is 0. The highest BCUT2D eigenvalue weighted by Crippen LogP contribution is 2.32. The van der Waals surface area contributed by atoms with Crippen molar-refractivity contribution in [2.24, 2.45) is 5.92 Å². The van der Waals surface area contributed by atoms with Crippen LogP contribution in [0.1, 0.15) is 24.1 Å². The van der Waals surface area contributed by atoms with Crippen molar-refractivity contribution in [1.82, 2.24) is 4.98 Å². The van der Waals surface area contributed by atoms with E-state index in [9.17, 15) is 0 Å². The number of nitrogens with zero attached hydrogens (tertiary/aromatic N) is 1. The summed E-state index contributed by atoms with van der Waals surface area (Å²) >= 11 is 7.79. The van der Waals surface area contributed by atoms with Crippen LogP contribution < -0.4 is 0 Å². The van der Waals surface area contributed by atoms with Crippen LogP contribution in [0.4, 0.5) is 0 Å². The first kappa shape index (κ1) is 8.52. The zero-order valence-corrected chi connectivity index (χ0v) is 8.44. The highest BCUT2D eigenvalue weighted by molar-refractivity contribution is 7.09. The Morgan fingerprint density at radius 1 is 1.58 bits per heavy atom. The molecule has 1 fully saturated rings. The lowest BCUT2D eigenvalue weighted by molar-refractivity contribution is 0.551. The molecule has 2 rings (SSSR count). The number of hydrogen-bond acceptors (Lipinski definition) is 2. The summed E-state index contributed by atoms with van der Waals surface area (Å²) in [4.78, 5) is 5.48. The van der Waals surface area contributed by atoms with Crippen molar-refractivity contribution in [2.75, 3.05) is 0 Å². The van der Waals surface area contributed by atoms with Gasteiger partial charge in [-0.05, 0) is 31.6 Å². The maximum Gasteiger partial charge on any atom is 0.0794 e. The van der Waals surface area contributed by atoms with Gasteiger partial charge in [-0.3, -0.25) is 4.98 Å². The van der Waals surface area contributed by atoms with Gasteiger partial charge in [0.25, 0.3) is 0 Å². The molecule has 0 spiro atoms. The van der Waals surface area contributed by atoms with Crippen molar-refractivity contribution in [1.29, 1.82) is 0 Å². The molecule has 0 radical (unpaired) electrons. The minimum Gasteiger partial charge on any atom is -0.253 e. The topological polar surface area (TPSA) is 12.9 Å². The third-order valence-corrected chi connectivity index (χ3v) is 3.65. The largest absolute Gasteiger partial charge is 0.253 e. The first-order valence-electron chi connectivity index (χ1n) is 4.36. The van der Waals surface area contributed by atoms with Gasteiger partial charge in [0, 0.05) is 16.5 Å². The van der Waals surface area contributed by atoms with Crippen LogP contribution in [0, 0.1) is 5.92 Å². The Morgan fingerprint density at radius 2 is 2.50 bits per heavy atom. The minimum absolute atomic E-state index is 0.433. The molecule has 0 amide bonds. The zero-order valence-electron chi connectivity index (χ0n) is 6.87. The fraction of sp³-hybridized carbons (Fsp3) is 0.667. The number of rotatable bonds is 2. The van der Waals surface area contributed by atoms with E-state index >= 15 is 0 Å². The lowest BCUT2D eigenvalue weighted by Gasteiger charge is -2.05. The minimum atomic E-state index is 0.433. The Balaban J connectivity index is 1.88. The number of alkyl halides is 1. The van der Waals surface area contributed by atoms with Gasteiger partial charge in [-0.2, -0.15) is 0 Å². The van der Waals surface area contributed by atoms with Crippen molar-refractivity contribution in [3.8, 4) is 0 Å². The van der Waals surface area contributed by atoms with Gasteiger partial charge in [0.2, 0.25) is 0 Å². The van der Waals surface area contributed by atoms with Crippen LogP contribution in [-0.2, 0) is 6.42 Å². The van der Waals surface area contributed by atoms with Gasteiger partial charge < -0.3 is 0 Å². The smallest absolute Gasteiger partial charge is 0.0794 e. The second kappa shape index (κ2) is 3.75. The van der Waals surface area contributed by atoms with Gasteiger partial charge in [0.05, 0.1) is 5.51 Å². The number of aromatic nitrogens is 1. The Bertz CT molecular complexity index is 235. The fourth-order valence-corrected chi connectivity index (χ4v) is 2.92. The third kappa shape index (κ3) is 1.99. The summed E-state index contributed by atoms with van der Waals surface area (Å²) in [5.41, 5.74) is 1.91. The highest BCUT2D eigenvalue weighted by Gasteiger charge is 2.23. The van der Waals surface area contributed by atoms with Crippen LogP contribution in [-0.4, -0.2) is 10.4 Å². The van der Waals surface area contributed by atoms with Crippen LogP contribution in [0.2, 0.25) is 0 Å². The second-order valence-electron chi connectivity index (χ2n) is 3.45. The molecule has 1 aliphatic carbocycles. The molecule has 1 aromatic rings. The average Bonchev–Trinajstić information content (AvgIpc) is 2.63. The summed E-state index contributed by atoms with van der Waals surface area (Å²) in [6.45, 7) is 0. The van der Waals surface area contributed by atoms with Crippen LogP contribution in [0.3, 0.4) is 0 Å². The van der Waals surface area contributed by atoms with E-state index in [4.69, 9.17) is 11.6 Å². The van der Waals surface area contributed by atoms with E-state index < -0.39 is 0 Å². The summed E-state index contributed by atoms with van der Waals surface area (Å²) in [5, 5.41) is 0.433. The SMILES string of the molecule is ClC1CCC(Cc2cncs2)C1. The van der Waals surface area contributed by atoms with E-state index in [-0.39, 0.29) is 0 Å². The van der Waals surface area contributed by atoms with Crippen molar-refractivity contribution in [2.45, 2.75) is 31.1 Å². The molecule has 1 aliphatic rings. The molecule has 1 heterocycles. The maximum absolute atomic E-state index is 6.03. The lowest BCUT2D eigenvalue weighted by atomic mass is 10.0. The van der Waals surface area contributed by atoms with E-state index in [0.29, 0.717) is 5.38 Å². The zero-order chi connectivity index (χ0) is 8.39.